The molecule has 1 aliphatic carbocycles. The summed E-state index contributed by atoms with van der Waals surface area (Å²) in [5.41, 5.74) is -0.982. The third-order valence-electron chi connectivity index (χ3n) is 3.68. The first-order chi connectivity index (χ1) is 10.4. The van der Waals surface area contributed by atoms with Crippen LogP contribution in [0.1, 0.15) is 13.8 Å². The monoisotopic (exact) mass is 390 g/mol. The summed E-state index contributed by atoms with van der Waals surface area (Å²) in [5.74, 6) is -3.45. The van der Waals surface area contributed by atoms with Crippen molar-refractivity contribution >= 4 is 17.6 Å². The van der Waals surface area contributed by atoms with Crippen molar-refractivity contribution < 1.29 is 49.8 Å². The SMILES string of the molecule is CC1(C)C(C=CC(F)(F)OC(Cl)(C(F)(F)F)C(F)(F)F)C1C(=O)O. The highest BCUT2D eigenvalue weighted by Crippen LogP contribution is 2.59. The van der Waals surface area contributed by atoms with Crippen LogP contribution >= 0.6 is 11.6 Å². The molecule has 12 heteroatoms. The van der Waals surface area contributed by atoms with Gasteiger partial charge < -0.3 is 5.11 Å². The zero-order valence-electron chi connectivity index (χ0n) is 12.0. The fourth-order valence-corrected chi connectivity index (χ4v) is 2.33. The van der Waals surface area contributed by atoms with E-state index in [0.29, 0.717) is 6.08 Å². The van der Waals surface area contributed by atoms with E-state index in [9.17, 15) is 39.9 Å². The summed E-state index contributed by atoms with van der Waals surface area (Å²) in [7, 11) is 0. The molecule has 3 nitrogen and oxygen atoms in total. The maximum atomic E-state index is 13.4. The molecular formula is C12H11ClF8O3. The largest absolute Gasteiger partial charge is 0.481 e. The molecule has 140 valence electrons. The number of rotatable bonds is 5. The minimum absolute atomic E-state index is 0.364. The van der Waals surface area contributed by atoms with E-state index < -0.39 is 46.7 Å². The van der Waals surface area contributed by atoms with Gasteiger partial charge in [-0.25, -0.2) is 0 Å². The number of hydrogen-bond acceptors (Lipinski definition) is 2. The quantitative estimate of drug-likeness (QED) is 0.425. The Morgan fingerprint density at radius 2 is 1.50 bits per heavy atom. The van der Waals surface area contributed by atoms with Gasteiger partial charge in [-0.1, -0.05) is 31.5 Å². The molecule has 0 aromatic heterocycles. The second kappa shape index (κ2) is 5.72. The first-order valence-electron chi connectivity index (χ1n) is 6.19. The molecule has 2 unspecified atom stereocenters. The van der Waals surface area contributed by atoms with Gasteiger partial charge in [0.2, 0.25) is 0 Å². The Balaban J connectivity index is 3.01. The van der Waals surface area contributed by atoms with E-state index in [4.69, 9.17) is 5.11 Å². The average molecular weight is 391 g/mol. The summed E-state index contributed by atoms with van der Waals surface area (Å²) in [6, 6.07) is 0. The van der Waals surface area contributed by atoms with Gasteiger partial charge >= 0.3 is 29.5 Å². The second-order valence-corrected chi connectivity index (χ2v) is 6.31. The van der Waals surface area contributed by atoms with E-state index >= 15 is 0 Å². The summed E-state index contributed by atoms with van der Waals surface area (Å²) in [6.45, 7) is 2.77. The number of halogens is 9. The summed E-state index contributed by atoms with van der Waals surface area (Å²) in [5, 5.41) is 3.21. The van der Waals surface area contributed by atoms with Gasteiger partial charge in [0.25, 0.3) is 0 Å². The van der Waals surface area contributed by atoms with E-state index in [1.165, 1.54) is 13.8 Å². The highest BCUT2D eigenvalue weighted by atomic mass is 35.5. The smallest absolute Gasteiger partial charge is 0.441 e. The number of carboxylic acids is 1. The van der Waals surface area contributed by atoms with Gasteiger partial charge in [0, 0.05) is 6.08 Å². The highest BCUT2D eigenvalue weighted by Gasteiger charge is 2.74. The van der Waals surface area contributed by atoms with E-state index in [1.807, 2.05) is 0 Å². The highest BCUT2D eigenvalue weighted by molar-refractivity contribution is 6.24. The van der Waals surface area contributed by atoms with Gasteiger partial charge in [-0.3, -0.25) is 9.53 Å². The summed E-state index contributed by atoms with van der Waals surface area (Å²) in [6.07, 6.45) is -17.6. The predicted octanol–water partition coefficient (Wildman–Crippen LogP) is 4.57. The molecular weight excluding hydrogens is 380 g/mol. The number of carboxylic acid groups (broad SMARTS) is 1. The molecule has 1 rings (SSSR count). The lowest BCUT2D eigenvalue weighted by atomic mass is 10.1. The summed E-state index contributed by atoms with van der Waals surface area (Å²) < 4.78 is 104. The molecule has 0 amide bonds. The zero-order valence-corrected chi connectivity index (χ0v) is 12.7. The molecule has 0 heterocycles. The van der Waals surface area contributed by atoms with Crippen LogP contribution in [0.3, 0.4) is 0 Å². The fraction of sp³-hybridized carbons (Fsp3) is 0.750. The van der Waals surface area contributed by atoms with Crippen molar-refractivity contribution in [3.05, 3.63) is 12.2 Å². The normalized spacial score (nSPS) is 25.1. The fourth-order valence-electron chi connectivity index (χ4n) is 2.22. The molecule has 0 saturated heterocycles. The van der Waals surface area contributed by atoms with E-state index in [0.717, 1.165) is 0 Å². The molecule has 0 aromatic rings. The van der Waals surface area contributed by atoms with Crippen molar-refractivity contribution in [2.75, 3.05) is 0 Å². The van der Waals surface area contributed by atoms with Crippen LogP contribution in [0.2, 0.25) is 0 Å². The lowest BCUT2D eigenvalue weighted by molar-refractivity contribution is -0.396. The molecule has 0 bridgehead atoms. The Hall–Kier alpha value is -1.10. The first-order valence-corrected chi connectivity index (χ1v) is 6.57. The molecule has 0 radical (unpaired) electrons. The Morgan fingerprint density at radius 1 is 1.08 bits per heavy atom. The number of ether oxygens (including phenoxy) is 1. The molecule has 1 N–H and O–H groups in total. The Bertz CT molecular complexity index is 523. The lowest BCUT2D eigenvalue weighted by Crippen LogP contribution is -2.56. The Morgan fingerprint density at radius 3 is 1.79 bits per heavy atom. The van der Waals surface area contributed by atoms with Crippen molar-refractivity contribution in [1.82, 2.24) is 0 Å². The standard InChI is InChI=1S/C12H11ClF8O3/c1-8(2)5(6(8)7(22)23)3-4-9(14,15)24-10(13,11(16,17)18)12(19,20)21/h3-6H,1-2H3,(H,22,23). The maximum Gasteiger partial charge on any atom is 0.441 e. The molecule has 2 atom stereocenters. The Kier molecular flexibility index (Phi) is 4.99. The molecule has 0 aromatic carbocycles. The summed E-state index contributed by atoms with van der Waals surface area (Å²) in [4.78, 5) is 10.8. The topological polar surface area (TPSA) is 46.5 Å². The van der Waals surface area contributed by atoms with Crippen molar-refractivity contribution in [2.45, 2.75) is 37.4 Å². The minimum atomic E-state index is -6.37. The van der Waals surface area contributed by atoms with E-state index in [-0.39, 0.29) is 6.08 Å². The van der Waals surface area contributed by atoms with Crippen LogP contribution < -0.4 is 0 Å². The number of alkyl halides is 9. The van der Waals surface area contributed by atoms with Gasteiger partial charge in [0.1, 0.15) is 0 Å². The van der Waals surface area contributed by atoms with Crippen LogP contribution in [0.5, 0.6) is 0 Å². The molecule has 0 aliphatic heterocycles. The molecule has 24 heavy (non-hydrogen) atoms. The predicted molar refractivity (Wildman–Crippen MR) is 64.3 cm³/mol. The van der Waals surface area contributed by atoms with E-state index in [2.05, 4.69) is 16.3 Å². The third kappa shape index (κ3) is 3.76. The van der Waals surface area contributed by atoms with Gasteiger partial charge in [-0.05, 0) is 11.3 Å². The van der Waals surface area contributed by atoms with Crippen LogP contribution in [-0.2, 0) is 9.53 Å². The number of carbonyl (C=O) groups is 1. The summed E-state index contributed by atoms with van der Waals surface area (Å²) >= 11 is 4.26. The van der Waals surface area contributed by atoms with E-state index in [1.54, 1.807) is 0 Å². The van der Waals surface area contributed by atoms with Crippen LogP contribution in [0.25, 0.3) is 0 Å². The number of hydrogen-bond donors (Lipinski definition) is 1. The zero-order chi connectivity index (χ0) is 19.4. The maximum absolute atomic E-state index is 13.4. The molecule has 1 aliphatic rings. The molecule has 1 saturated carbocycles. The number of aliphatic carboxylic acids is 1. The van der Waals surface area contributed by atoms with Crippen LogP contribution in [-0.4, -0.2) is 34.6 Å². The third-order valence-corrected chi connectivity index (χ3v) is 4.19. The first kappa shape index (κ1) is 20.9. The molecule has 1 fully saturated rings. The van der Waals surface area contributed by atoms with Gasteiger partial charge in [0.15, 0.2) is 0 Å². The van der Waals surface area contributed by atoms with Crippen molar-refractivity contribution in [3.8, 4) is 0 Å². The average Bonchev–Trinajstić information content (AvgIpc) is 2.85. The minimum Gasteiger partial charge on any atom is -0.481 e. The van der Waals surface area contributed by atoms with Crippen molar-refractivity contribution in [2.24, 2.45) is 17.3 Å². The second-order valence-electron chi connectivity index (χ2n) is 5.78. The van der Waals surface area contributed by atoms with Gasteiger partial charge in [0.05, 0.1) is 5.92 Å². The van der Waals surface area contributed by atoms with Crippen LogP contribution in [0.15, 0.2) is 12.2 Å². The van der Waals surface area contributed by atoms with Crippen LogP contribution in [0, 0.1) is 17.3 Å². The van der Waals surface area contributed by atoms with Gasteiger partial charge in [-0.15, -0.1) is 0 Å². The van der Waals surface area contributed by atoms with Crippen molar-refractivity contribution in [1.29, 1.82) is 0 Å². The Labute approximate surface area is 135 Å². The van der Waals surface area contributed by atoms with Crippen LogP contribution in [0.4, 0.5) is 35.1 Å². The lowest BCUT2D eigenvalue weighted by Gasteiger charge is -2.33. The van der Waals surface area contributed by atoms with Gasteiger partial charge in [-0.2, -0.15) is 35.1 Å². The molecule has 0 spiro atoms. The van der Waals surface area contributed by atoms with Crippen molar-refractivity contribution in [3.63, 3.8) is 0 Å². The number of allylic oxidation sites excluding steroid dienone is 1.